The first-order chi connectivity index (χ1) is 16.9. The number of halogens is 7. The van der Waals surface area contributed by atoms with Crippen LogP contribution in [0.2, 0.25) is 0 Å². The van der Waals surface area contributed by atoms with Gasteiger partial charge in [-0.1, -0.05) is 11.8 Å². The molecule has 0 spiro atoms. The first-order valence-electron chi connectivity index (χ1n) is 10.1. The summed E-state index contributed by atoms with van der Waals surface area (Å²) in [6, 6.07) is 7.86. The molecule has 1 atom stereocenters. The van der Waals surface area contributed by atoms with E-state index in [0.717, 1.165) is 59.7 Å². The lowest BCUT2D eigenvalue weighted by Crippen LogP contribution is -2.50. The summed E-state index contributed by atoms with van der Waals surface area (Å²) in [7, 11) is 0. The van der Waals surface area contributed by atoms with Crippen LogP contribution in [0.4, 0.5) is 30.7 Å². The Balaban J connectivity index is 1.63. The van der Waals surface area contributed by atoms with E-state index in [1.165, 1.54) is 0 Å². The second-order valence-electron chi connectivity index (χ2n) is 7.73. The highest BCUT2D eigenvalue weighted by Crippen LogP contribution is 2.46. The molecule has 0 amide bonds. The van der Waals surface area contributed by atoms with Crippen molar-refractivity contribution in [3.8, 4) is 11.8 Å². The number of pyridine rings is 1. The van der Waals surface area contributed by atoms with E-state index in [0.29, 0.717) is 12.1 Å². The largest absolute Gasteiger partial charge is 0.416 e. The smallest absolute Gasteiger partial charge is 0.376 e. The molecule has 0 saturated carbocycles. The Kier molecular flexibility index (Phi) is 6.36. The molecule has 3 aromatic rings. The first-order valence-corrected chi connectivity index (χ1v) is 10.1. The number of aromatic nitrogens is 1. The lowest BCUT2D eigenvalue weighted by molar-refractivity contribution is -0.527. The summed E-state index contributed by atoms with van der Waals surface area (Å²) in [5, 5.41) is 17.9. The Morgan fingerprint density at radius 2 is 1.50 bits per heavy atom. The van der Waals surface area contributed by atoms with Crippen molar-refractivity contribution in [1.82, 2.24) is 4.98 Å². The molecule has 1 unspecified atom stereocenters. The maximum atomic E-state index is 15.6. The second kappa shape index (κ2) is 9.16. The minimum absolute atomic E-state index is 0.149. The van der Waals surface area contributed by atoms with Gasteiger partial charge in [-0.25, -0.2) is 8.78 Å². The molecular weight excluding hydrogens is 493 g/mol. The number of benzene rings is 2. The number of hydrogen-bond acceptors (Lipinski definition) is 4. The minimum atomic E-state index is -4.49. The van der Waals surface area contributed by atoms with E-state index >= 15 is 8.78 Å². The molecule has 1 aliphatic heterocycles. The van der Waals surface area contributed by atoms with E-state index in [-0.39, 0.29) is 11.1 Å². The molecule has 2 aromatic carbocycles. The molecule has 1 N–H and O–H groups in total. The van der Waals surface area contributed by atoms with Gasteiger partial charge in [-0.15, -0.1) is 4.70 Å². The molecule has 4 rings (SSSR count). The van der Waals surface area contributed by atoms with Crippen LogP contribution >= 0.6 is 0 Å². The van der Waals surface area contributed by atoms with Gasteiger partial charge in [-0.05, 0) is 48.5 Å². The average molecular weight is 507 g/mol. The van der Waals surface area contributed by atoms with Gasteiger partial charge in [0.1, 0.15) is 23.9 Å². The van der Waals surface area contributed by atoms with Gasteiger partial charge < -0.3 is 5.11 Å². The normalized spacial score (nSPS) is 14.8. The fourth-order valence-corrected chi connectivity index (χ4v) is 3.36. The molecule has 2 heterocycles. The Bertz CT molecular complexity index is 1410. The van der Waals surface area contributed by atoms with E-state index < -0.39 is 52.7 Å². The van der Waals surface area contributed by atoms with Crippen molar-refractivity contribution in [2.75, 3.05) is 6.54 Å². The third kappa shape index (κ3) is 4.83. The molecule has 0 bridgehead atoms. The first kappa shape index (κ1) is 25.0. The van der Waals surface area contributed by atoms with Gasteiger partial charge >= 0.3 is 12.1 Å². The lowest BCUT2D eigenvalue weighted by Gasteiger charge is -2.35. The Morgan fingerprint density at radius 1 is 0.861 bits per heavy atom. The predicted octanol–water partition coefficient (Wildman–Crippen LogP) is 5.18. The van der Waals surface area contributed by atoms with Gasteiger partial charge in [0, 0.05) is 34.1 Å². The van der Waals surface area contributed by atoms with E-state index in [4.69, 9.17) is 0 Å². The fraction of sp³-hybridized carbons (Fsp3) is 0.167. The molecule has 1 aromatic heterocycles. The highest BCUT2D eigenvalue weighted by Gasteiger charge is 2.59. The Labute approximate surface area is 199 Å². The Morgan fingerprint density at radius 3 is 2.03 bits per heavy atom. The quantitative estimate of drug-likeness (QED) is 0.294. The second-order valence-corrected chi connectivity index (χ2v) is 7.73. The number of rotatable bonds is 5. The van der Waals surface area contributed by atoms with Crippen LogP contribution in [-0.2, 0) is 17.7 Å². The molecule has 0 radical (unpaired) electrons. The highest BCUT2D eigenvalue weighted by molar-refractivity contribution is 5.46. The fourth-order valence-electron chi connectivity index (χ4n) is 3.36. The van der Waals surface area contributed by atoms with Crippen molar-refractivity contribution < 1.29 is 40.5 Å². The van der Waals surface area contributed by atoms with E-state index in [2.05, 4.69) is 27.1 Å². The average Bonchev–Trinajstić information content (AvgIpc) is 2.80. The summed E-state index contributed by atoms with van der Waals surface area (Å²) in [6.07, 6.45) is -2.49. The zero-order valence-electron chi connectivity index (χ0n) is 17.9. The monoisotopic (exact) mass is 507 g/mol. The van der Waals surface area contributed by atoms with Crippen LogP contribution in [0.15, 0.2) is 71.1 Å². The van der Waals surface area contributed by atoms with Gasteiger partial charge in [0.25, 0.3) is 6.34 Å². The van der Waals surface area contributed by atoms with E-state index in [9.17, 15) is 27.1 Å². The zero-order chi connectivity index (χ0) is 26.1. The molecule has 0 fully saturated rings. The highest BCUT2D eigenvalue weighted by atomic mass is 19.4. The maximum Gasteiger partial charge on any atom is 0.416 e. The van der Waals surface area contributed by atoms with Crippen molar-refractivity contribution in [3.63, 3.8) is 0 Å². The van der Waals surface area contributed by atoms with E-state index in [1.54, 1.807) is 0 Å². The minimum Gasteiger partial charge on any atom is -0.376 e. The van der Waals surface area contributed by atoms with E-state index in [1.807, 2.05) is 0 Å². The number of hydrogen-bond donors (Lipinski definition) is 1. The summed E-state index contributed by atoms with van der Waals surface area (Å²) in [6.45, 7) is -0.913. The summed E-state index contributed by atoms with van der Waals surface area (Å²) < 4.78 is 97.9. The predicted molar refractivity (Wildman–Crippen MR) is 112 cm³/mol. The van der Waals surface area contributed by atoms with Crippen LogP contribution in [0.1, 0.15) is 27.9 Å². The molecule has 12 heteroatoms. The summed E-state index contributed by atoms with van der Waals surface area (Å²) >= 11 is 0. The van der Waals surface area contributed by atoms with Crippen molar-refractivity contribution in [2.24, 2.45) is 10.3 Å². The Hall–Kier alpha value is -4.11. The molecule has 1 aliphatic rings. The molecule has 36 heavy (non-hydrogen) atoms. The van der Waals surface area contributed by atoms with Crippen molar-refractivity contribution in [2.45, 2.75) is 17.7 Å². The van der Waals surface area contributed by atoms with Crippen molar-refractivity contribution >= 4 is 6.34 Å². The maximum absolute atomic E-state index is 15.6. The number of β-amino-alcohol motifs (C(OH)–C–C–N with tert-alkyl or cyclic N) is 1. The third-order valence-electron chi connectivity index (χ3n) is 5.29. The summed E-state index contributed by atoms with van der Waals surface area (Å²) in [5.74, 6) is -1.42. The molecule has 0 aliphatic carbocycles. The molecule has 184 valence electrons. The van der Waals surface area contributed by atoms with Crippen LogP contribution in [0.5, 0.6) is 0 Å². The van der Waals surface area contributed by atoms with Gasteiger partial charge in [-0.3, -0.25) is 4.98 Å². The van der Waals surface area contributed by atoms with Gasteiger partial charge in [0.15, 0.2) is 5.60 Å². The molecular formula is C24H14F7N4O+. The van der Waals surface area contributed by atoms with Crippen LogP contribution < -0.4 is 0 Å². The number of aliphatic hydroxyl groups is 1. The standard InChI is InChI=1S/C24H14F7N4O/c25-18-8-9-19(20(26)11-18)22(36,13-35-14-33-34-35)23(27,28)21-10-5-16(12-32-21)2-1-15-3-6-17(7-4-15)24(29,30)31/h3-12,14,36H,13H2/q+1. The summed E-state index contributed by atoms with van der Waals surface area (Å²) in [5.41, 5.74) is -5.48. The topological polar surface area (TPSA) is 60.9 Å². The van der Waals surface area contributed by atoms with Crippen molar-refractivity contribution in [1.29, 1.82) is 0 Å². The van der Waals surface area contributed by atoms with Crippen LogP contribution in [0.3, 0.4) is 0 Å². The van der Waals surface area contributed by atoms with Gasteiger partial charge in [-0.2, -0.15) is 22.0 Å². The van der Waals surface area contributed by atoms with Crippen molar-refractivity contribution in [3.05, 3.63) is 100 Å². The number of nitrogens with zero attached hydrogens (tertiary/aromatic N) is 4. The van der Waals surface area contributed by atoms with Crippen LogP contribution in [-0.4, -0.2) is 27.7 Å². The zero-order valence-corrected chi connectivity index (χ0v) is 17.9. The van der Waals surface area contributed by atoms with Gasteiger partial charge in [0.05, 0.1) is 10.8 Å². The SMILES string of the molecule is OC(C[N+]1=NN=C1)(c1ccc(F)cc1F)C(F)(F)c1ccc(C#Cc2ccc(C(F)(F)F)cc2)cn1. The van der Waals surface area contributed by atoms with Crippen LogP contribution in [0, 0.1) is 23.5 Å². The van der Waals surface area contributed by atoms with Gasteiger partial charge in [0.2, 0.25) is 0 Å². The molecule has 5 nitrogen and oxygen atoms in total. The summed E-state index contributed by atoms with van der Waals surface area (Å²) in [4.78, 5) is 3.66. The number of alkyl halides is 5. The molecule has 0 saturated heterocycles. The third-order valence-corrected chi connectivity index (χ3v) is 5.29. The van der Waals surface area contributed by atoms with Crippen LogP contribution in [0.25, 0.3) is 0 Å². The lowest BCUT2D eigenvalue weighted by atomic mass is 9.84.